The van der Waals surface area contributed by atoms with Crippen molar-refractivity contribution in [1.82, 2.24) is 15.5 Å². The van der Waals surface area contributed by atoms with E-state index in [1.807, 2.05) is 43.3 Å². The van der Waals surface area contributed by atoms with Gasteiger partial charge in [-0.3, -0.25) is 9.59 Å². The number of carbonyl (C=O) groups excluding carboxylic acids is 1. The Balaban J connectivity index is 1.44. The fraction of sp³-hybridized carbons (Fsp3) is 0.286. The van der Waals surface area contributed by atoms with Gasteiger partial charge in [0, 0.05) is 18.5 Å². The van der Waals surface area contributed by atoms with Crippen molar-refractivity contribution in [3.63, 3.8) is 0 Å². The van der Waals surface area contributed by atoms with Crippen LogP contribution >= 0.6 is 0 Å². The van der Waals surface area contributed by atoms with Crippen LogP contribution in [-0.2, 0) is 16.0 Å². The maximum absolute atomic E-state index is 12.2. The Kier molecular flexibility index (Phi) is 6.33. The topological polar surface area (TPSA) is 84.1 Å². The molecular formula is C21H23N3O3. The number of amides is 1. The Labute approximate surface area is 157 Å². The summed E-state index contributed by atoms with van der Waals surface area (Å²) in [6.45, 7) is 3.11. The van der Waals surface area contributed by atoms with Crippen molar-refractivity contribution in [2.24, 2.45) is 0 Å². The van der Waals surface area contributed by atoms with Crippen LogP contribution in [0.3, 0.4) is 0 Å². The van der Waals surface area contributed by atoms with E-state index in [9.17, 15) is 9.59 Å². The van der Waals surface area contributed by atoms with Crippen molar-refractivity contribution in [3.05, 3.63) is 76.2 Å². The maximum Gasteiger partial charge on any atom is 0.272 e. The van der Waals surface area contributed by atoms with E-state index in [1.54, 1.807) is 18.2 Å². The van der Waals surface area contributed by atoms with E-state index in [-0.39, 0.29) is 24.0 Å². The van der Waals surface area contributed by atoms with Crippen LogP contribution in [0.5, 0.6) is 0 Å². The second-order valence-electron chi connectivity index (χ2n) is 6.35. The first-order chi connectivity index (χ1) is 13.1. The van der Waals surface area contributed by atoms with Crippen LogP contribution in [0, 0.1) is 0 Å². The van der Waals surface area contributed by atoms with E-state index in [0.29, 0.717) is 29.6 Å². The van der Waals surface area contributed by atoms with Crippen molar-refractivity contribution in [2.45, 2.75) is 25.9 Å². The molecule has 6 heteroatoms. The van der Waals surface area contributed by atoms with E-state index in [4.69, 9.17) is 4.74 Å². The molecule has 6 nitrogen and oxygen atoms in total. The number of benzene rings is 2. The zero-order valence-corrected chi connectivity index (χ0v) is 15.3. The summed E-state index contributed by atoms with van der Waals surface area (Å²) in [5, 5.41) is 10.6. The number of rotatable bonds is 8. The van der Waals surface area contributed by atoms with Crippen LogP contribution in [0.2, 0.25) is 0 Å². The average molecular weight is 365 g/mol. The van der Waals surface area contributed by atoms with Crippen LogP contribution in [-0.4, -0.2) is 29.3 Å². The summed E-state index contributed by atoms with van der Waals surface area (Å²) in [6.07, 6.45) is 0.875. The highest BCUT2D eigenvalue weighted by Crippen LogP contribution is 2.16. The van der Waals surface area contributed by atoms with E-state index < -0.39 is 0 Å². The number of H-pyrrole nitrogens is 1. The van der Waals surface area contributed by atoms with E-state index >= 15 is 0 Å². The van der Waals surface area contributed by atoms with Gasteiger partial charge in [-0.2, -0.15) is 5.10 Å². The molecule has 0 fully saturated rings. The van der Waals surface area contributed by atoms with Crippen LogP contribution in [0.15, 0.2) is 59.4 Å². The minimum absolute atomic E-state index is 0.0265. The molecule has 0 bridgehead atoms. The van der Waals surface area contributed by atoms with Gasteiger partial charge < -0.3 is 10.1 Å². The lowest BCUT2D eigenvalue weighted by atomic mass is 10.1. The second-order valence-corrected chi connectivity index (χ2v) is 6.35. The Morgan fingerprint density at radius 1 is 1.11 bits per heavy atom. The first kappa shape index (κ1) is 18.8. The molecule has 0 aliphatic heterocycles. The predicted molar refractivity (Wildman–Crippen MR) is 105 cm³/mol. The highest BCUT2D eigenvalue weighted by molar-refractivity contribution is 5.88. The van der Waals surface area contributed by atoms with Crippen molar-refractivity contribution >= 4 is 16.7 Å². The van der Waals surface area contributed by atoms with Gasteiger partial charge >= 0.3 is 0 Å². The molecule has 3 rings (SSSR count). The number of ether oxygens (including phenoxy) is 1. The number of carbonyl (C=O) groups is 1. The highest BCUT2D eigenvalue weighted by atomic mass is 16.5. The van der Waals surface area contributed by atoms with Gasteiger partial charge in [-0.05, 0) is 25.0 Å². The fourth-order valence-corrected chi connectivity index (χ4v) is 2.90. The summed E-state index contributed by atoms with van der Waals surface area (Å²) in [5.74, 6) is -0.129. The Hall–Kier alpha value is -2.99. The third-order valence-electron chi connectivity index (χ3n) is 4.38. The van der Waals surface area contributed by atoms with Gasteiger partial charge in [0.2, 0.25) is 5.91 Å². The molecule has 0 saturated carbocycles. The molecule has 27 heavy (non-hydrogen) atoms. The fourth-order valence-electron chi connectivity index (χ4n) is 2.90. The largest absolute Gasteiger partial charge is 0.374 e. The monoisotopic (exact) mass is 365 g/mol. The van der Waals surface area contributed by atoms with Gasteiger partial charge in [0.05, 0.1) is 23.6 Å². The smallest absolute Gasteiger partial charge is 0.272 e. The number of hydrogen-bond acceptors (Lipinski definition) is 4. The van der Waals surface area contributed by atoms with Crippen LogP contribution in [0.25, 0.3) is 10.8 Å². The van der Waals surface area contributed by atoms with Crippen molar-refractivity contribution in [1.29, 1.82) is 0 Å². The SMILES string of the molecule is CC(OCCCNC(=O)Cc1n[nH]c(=O)c2ccccc12)c1ccccc1. The van der Waals surface area contributed by atoms with Crippen LogP contribution in [0.4, 0.5) is 0 Å². The summed E-state index contributed by atoms with van der Waals surface area (Å²) in [5.41, 5.74) is 1.45. The summed E-state index contributed by atoms with van der Waals surface area (Å²) in [7, 11) is 0. The Morgan fingerprint density at radius 2 is 1.81 bits per heavy atom. The molecule has 0 saturated heterocycles. The second kappa shape index (κ2) is 9.09. The normalized spacial score (nSPS) is 12.0. The molecule has 1 atom stereocenters. The molecule has 140 valence electrons. The number of nitrogens with zero attached hydrogens (tertiary/aromatic N) is 1. The van der Waals surface area contributed by atoms with Crippen LogP contribution in [0.1, 0.15) is 30.7 Å². The summed E-state index contributed by atoms with van der Waals surface area (Å²) >= 11 is 0. The molecule has 2 aromatic carbocycles. The first-order valence-electron chi connectivity index (χ1n) is 9.04. The summed E-state index contributed by atoms with van der Waals surface area (Å²) in [4.78, 5) is 24.0. The van der Waals surface area contributed by atoms with E-state index in [1.165, 1.54) is 0 Å². The van der Waals surface area contributed by atoms with E-state index in [2.05, 4.69) is 15.5 Å². The zero-order valence-electron chi connectivity index (χ0n) is 15.3. The van der Waals surface area contributed by atoms with Crippen molar-refractivity contribution in [2.75, 3.05) is 13.2 Å². The van der Waals surface area contributed by atoms with E-state index in [0.717, 1.165) is 12.0 Å². The lowest BCUT2D eigenvalue weighted by Gasteiger charge is -2.13. The molecular weight excluding hydrogens is 342 g/mol. The van der Waals surface area contributed by atoms with Gasteiger partial charge in [-0.15, -0.1) is 0 Å². The van der Waals surface area contributed by atoms with Gasteiger partial charge in [-0.25, -0.2) is 5.10 Å². The number of aromatic nitrogens is 2. The Morgan fingerprint density at radius 3 is 2.59 bits per heavy atom. The third kappa shape index (κ3) is 5.01. The maximum atomic E-state index is 12.2. The third-order valence-corrected chi connectivity index (χ3v) is 4.38. The molecule has 3 aromatic rings. The number of hydrogen-bond donors (Lipinski definition) is 2. The molecule has 0 spiro atoms. The van der Waals surface area contributed by atoms with Gasteiger partial charge in [0.1, 0.15) is 0 Å². The molecule has 0 radical (unpaired) electrons. The molecule has 1 aromatic heterocycles. The molecule has 2 N–H and O–H groups in total. The average Bonchev–Trinajstić information content (AvgIpc) is 2.70. The van der Waals surface area contributed by atoms with Crippen LogP contribution < -0.4 is 10.9 Å². The molecule has 1 amide bonds. The molecule has 0 aliphatic rings. The predicted octanol–water partition coefficient (Wildman–Crippen LogP) is 2.75. The van der Waals surface area contributed by atoms with Gasteiger partial charge in [-0.1, -0.05) is 48.5 Å². The molecule has 0 aliphatic carbocycles. The quantitative estimate of drug-likeness (QED) is 0.601. The zero-order chi connectivity index (χ0) is 19.1. The number of fused-ring (bicyclic) bond motifs is 1. The standard InChI is InChI=1S/C21H23N3O3/c1-15(16-8-3-2-4-9-16)27-13-7-12-22-20(25)14-19-17-10-5-6-11-18(17)21(26)24-23-19/h2-6,8-11,15H,7,12-14H2,1H3,(H,22,25)(H,24,26). The lowest BCUT2D eigenvalue weighted by molar-refractivity contribution is -0.120. The Bertz CT molecular complexity index is 954. The lowest BCUT2D eigenvalue weighted by Crippen LogP contribution is -2.28. The summed E-state index contributed by atoms with van der Waals surface area (Å²) in [6, 6.07) is 17.2. The molecule has 1 unspecified atom stereocenters. The van der Waals surface area contributed by atoms with Gasteiger partial charge in [0.25, 0.3) is 5.56 Å². The molecule has 1 heterocycles. The van der Waals surface area contributed by atoms with Gasteiger partial charge in [0.15, 0.2) is 0 Å². The minimum atomic E-state index is -0.251. The van der Waals surface area contributed by atoms with Crippen molar-refractivity contribution in [3.8, 4) is 0 Å². The number of aromatic amines is 1. The minimum Gasteiger partial charge on any atom is -0.374 e. The van der Waals surface area contributed by atoms with Crippen molar-refractivity contribution < 1.29 is 9.53 Å². The summed E-state index contributed by atoms with van der Waals surface area (Å²) < 4.78 is 5.80. The number of nitrogens with one attached hydrogen (secondary N) is 2. The highest BCUT2D eigenvalue weighted by Gasteiger charge is 2.10. The first-order valence-corrected chi connectivity index (χ1v) is 9.04.